The van der Waals surface area contributed by atoms with E-state index in [1.165, 1.54) is 6.33 Å². The summed E-state index contributed by atoms with van der Waals surface area (Å²) in [6.45, 7) is 4.04. The SMILES string of the molecule is C=CCOc1ncnc2ccc(Br)cc12. The van der Waals surface area contributed by atoms with Gasteiger partial charge in [0.25, 0.3) is 0 Å². The van der Waals surface area contributed by atoms with Crippen LogP contribution in [-0.2, 0) is 0 Å². The number of rotatable bonds is 3. The molecule has 0 aliphatic heterocycles. The third-order valence-electron chi connectivity index (χ3n) is 1.90. The van der Waals surface area contributed by atoms with E-state index in [0.29, 0.717) is 12.5 Å². The van der Waals surface area contributed by atoms with Crippen LogP contribution >= 0.6 is 15.9 Å². The quantitative estimate of drug-likeness (QED) is 0.800. The van der Waals surface area contributed by atoms with Gasteiger partial charge in [-0.1, -0.05) is 28.6 Å². The van der Waals surface area contributed by atoms with Crippen LogP contribution < -0.4 is 4.74 Å². The number of hydrogen-bond acceptors (Lipinski definition) is 3. The van der Waals surface area contributed by atoms with Crippen molar-refractivity contribution in [3.63, 3.8) is 0 Å². The van der Waals surface area contributed by atoms with Crippen molar-refractivity contribution in [3.8, 4) is 5.88 Å². The fourth-order valence-corrected chi connectivity index (χ4v) is 1.62. The maximum atomic E-state index is 5.43. The van der Waals surface area contributed by atoms with Crippen molar-refractivity contribution in [1.82, 2.24) is 9.97 Å². The molecule has 0 saturated heterocycles. The number of aromatic nitrogens is 2. The largest absolute Gasteiger partial charge is 0.473 e. The highest BCUT2D eigenvalue weighted by molar-refractivity contribution is 9.10. The van der Waals surface area contributed by atoms with Crippen LogP contribution in [0, 0.1) is 0 Å². The second kappa shape index (κ2) is 4.40. The smallest absolute Gasteiger partial charge is 0.224 e. The molecule has 0 amide bonds. The lowest BCUT2D eigenvalue weighted by Gasteiger charge is -2.05. The van der Waals surface area contributed by atoms with E-state index in [1.807, 2.05) is 18.2 Å². The maximum absolute atomic E-state index is 5.43. The lowest BCUT2D eigenvalue weighted by atomic mass is 10.2. The molecule has 2 rings (SSSR count). The Morgan fingerprint density at radius 1 is 1.40 bits per heavy atom. The van der Waals surface area contributed by atoms with Crippen molar-refractivity contribution < 1.29 is 4.74 Å². The molecule has 0 saturated carbocycles. The van der Waals surface area contributed by atoms with Crippen molar-refractivity contribution in [3.05, 3.63) is 41.7 Å². The first-order valence-corrected chi connectivity index (χ1v) is 5.24. The zero-order valence-corrected chi connectivity index (χ0v) is 9.57. The van der Waals surface area contributed by atoms with Crippen molar-refractivity contribution in [2.24, 2.45) is 0 Å². The highest BCUT2D eigenvalue weighted by Gasteiger charge is 2.04. The fourth-order valence-electron chi connectivity index (χ4n) is 1.26. The molecule has 0 bridgehead atoms. The number of halogens is 1. The van der Waals surface area contributed by atoms with Gasteiger partial charge in [-0.2, -0.15) is 0 Å². The molecule has 76 valence electrons. The van der Waals surface area contributed by atoms with E-state index in [1.54, 1.807) is 6.08 Å². The van der Waals surface area contributed by atoms with Gasteiger partial charge in [0.05, 0.1) is 10.9 Å². The first-order chi connectivity index (χ1) is 7.31. The second-order valence-electron chi connectivity index (χ2n) is 2.94. The van der Waals surface area contributed by atoms with Gasteiger partial charge in [-0.05, 0) is 18.2 Å². The van der Waals surface area contributed by atoms with Crippen LogP contribution in [0.1, 0.15) is 0 Å². The first kappa shape index (κ1) is 10.1. The van der Waals surface area contributed by atoms with Crippen LogP contribution in [0.15, 0.2) is 41.7 Å². The number of hydrogen-bond donors (Lipinski definition) is 0. The van der Waals surface area contributed by atoms with Crippen LogP contribution in [0.3, 0.4) is 0 Å². The van der Waals surface area contributed by atoms with Gasteiger partial charge in [-0.15, -0.1) is 0 Å². The standard InChI is InChI=1S/C11H9BrN2O/c1-2-5-15-11-9-6-8(12)3-4-10(9)13-7-14-11/h2-4,6-7H,1,5H2. The Hall–Kier alpha value is -1.42. The van der Waals surface area contributed by atoms with Crippen LogP contribution in [0.4, 0.5) is 0 Å². The topological polar surface area (TPSA) is 35.0 Å². The van der Waals surface area contributed by atoms with Crippen LogP contribution in [-0.4, -0.2) is 16.6 Å². The van der Waals surface area contributed by atoms with Crippen molar-refractivity contribution >= 4 is 26.8 Å². The number of ether oxygens (including phenoxy) is 1. The molecule has 2 aromatic rings. The Bertz CT molecular complexity index is 499. The molecule has 0 unspecified atom stereocenters. The molecule has 1 aromatic heterocycles. The van der Waals surface area contributed by atoms with Gasteiger partial charge in [0.1, 0.15) is 12.9 Å². The first-order valence-electron chi connectivity index (χ1n) is 4.45. The van der Waals surface area contributed by atoms with Crippen LogP contribution in [0.2, 0.25) is 0 Å². The van der Waals surface area contributed by atoms with Gasteiger partial charge in [0.2, 0.25) is 5.88 Å². The monoisotopic (exact) mass is 264 g/mol. The predicted molar refractivity (Wildman–Crippen MR) is 62.9 cm³/mol. The molecule has 0 atom stereocenters. The van der Waals surface area contributed by atoms with Gasteiger partial charge in [0, 0.05) is 4.47 Å². The van der Waals surface area contributed by atoms with E-state index in [4.69, 9.17) is 4.74 Å². The van der Waals surface area contributed by atoms with Crippen LogP contribution in [0.5, 0.6) is 5.88 Å². The van der Waals surface area contributed by atoms with E-state index < -0.39 is 0 Å². The average molecular weight is 265 g/mol. The Labute approximate surface area is 95.9 Å². The van der Waals surface area contributed by atoms with E-state index >= 15 is 0 Å². The van der Waals surface area contributed by atoms with Crippen LogP contribution in [0.25, 0.3) is 10.9 Å². The fraction of sp³-hybridized carbons (Fsp3) is 0.0909. The molecule has 0 N–H and O–H groups in total. The summed E-state index contributed by atoms with van der Waals surface area (Å²) in [5.41, 5.74) is 0.868. The molecule has 0 fully saturated rings. The van der Waals surface area contributed by atoms with Gasteiger partial charge in [-0.25, -0.2) is 9.97 Å². The summed E-state index contributed by atoms with van der Waals surface area (Å²) in [6, 6.07) is 5.79. The summed E-state index contributed by atoms with van der Waals surface area (Å²) in [4.78, 5) is 8.24. The summed E-state index contributed by atoms with van der Waals surface area (Å²) < 4.78 is 6.41. The molecule has 1 heterocycles. The number of fused-ring (bicyclic) bond motifs is 1. The molecule has 0 spiro atoms. The third-order valence-corrected chi connectivity index (χ3v) is 2.39. The van der Waals surface area contributed by atoms with Gasteiger partial charge >= 0.3 is 0 Å². The molecule has 0 aliphatic carbocycles. The predicted octanol–water partition coefficient (Wildman–Crippen LogP) is 2.96. The minimum absolute atomic E-state index is 0.443. The van der Waals surface area contributed by atoms with Gasteiger partial charge < -0.3 is 4.74 Å². The summed E-state index contributed by atoms with van der Waals surface area (Å²) in [7, 11) is 0. The van der Waals surface area contributed by atoms with E-state index in [0.717, 1.165) is 15.4 Å². The Morgan fingerprint density at radius 3 is 3.07 bits per heavy atom. The van der Waals surface area contributed by atoms with E-state index in [-0.39, 0.29) is 0 Å². The zero-order chi connectivity index (χ0) is 10.7. The highest BCUT2D eigenvalue weighted by atomic mass is 79.9. The lowest BCUT2D eigenvalue weighted by Crippen LogP contribution is -1.97. The third kappa shape index (κ3) is 2.15. The second-order valence-corrected chi connectivity index (χ2v) is 3.86. The average Bonchev–Trinajstić information content (AvgIpc) is 2.26. The summed E-state index contributed by atoms with van der Waals surface area (Å²) in [5, 5.41) is 0.897. The van der Waals surface area contributed by atoms with Gasteiger partial charge in [0.15, 0.2) is 0 Å². The molecule has 3 nitrogen and oxygen atoms in total. The maximum Gasteiger partial charge on any atom is 0.224 e. The molecule has 4 heteroatoms. The molecule has 15 heavy (non-hydrogen) atoms. The highest BCUT2D eigenvalue weighted by Crippen LogP contribution is 2.24. The van der Waals surface area contributed by atoms with E-state index in [2.05, 4.69) is 32.5 Å². The molecular formula is C11H9BrN2O. The molecule has 1 aromatic carbocycles. The Kier molecular flexibility index (Phi) is 2.97. The molecule has 0 aliphatic rings. The van der Waals surface area contributed by atoms with Crippen molar-refractivity contribution in [2.75, 3.05) is 6.61 Å². The summed E-state index contributed by atoms with van der Waals surface area (Å²) in [6.07, 6.45) is 3.18. The normalized spacial score (nSPS) is 10.2. The zero-order valence-electron chi connectivity index (χ0n) is 7.98. The number of nitrogens with zero attached hydrogens (tertiary/aromatic N) is 2. The Balaban J connectivity index is 2.52. The lowest BCUT2D eigenvalue weighted by molar-refractivity contribution is 0.353. The van der Waals surface area contributed by atoms with Crippen molar-refractivity contribution in [2.45, 2.75) is 0 Å². The van der Waals surface area contributed by atoms with Gasteiger partial charge in [-0.3, -0.25) is 0 Å². The molecular weight excluding hydrogens is 256 g/mol. The van der Waals surface area contributed by atoms with Crippen molar-refractivity contribution in [1.29, 1.82) is 0 Å². The summed E-state index contributed by atoms with van der Waals surface area (Å²) >= 11 is 3.40. The minimum atomic E-state index is 0.443. The molecule has 0 radical (unpaired) electrons. The minimum Gasteiger partial charge on any atom is -0.473 e. The Morgan fingerprint density at radius 2 is 2.27 bits per heavy atom. The van der Waals surface area contributed by atoms with E-state index in [9.17, 15) is 0 Å². The summed E-state index contributed by atoms with van der Waals surface area (Å²) in [5.74, 6) is 0.584. The number of benzene rings is 1.